The first-order chi connectivity index (χ1) is 12.2. The first kappa shape index (κ1) is 16.9. The Labute approximate surface area is 148 Å². The average Bonchev–Trinajstić information content (AvgIpc) is 2.68. The minimum absolute atomic E-state index is 0.284. The molecule has 2 heteroatoms. The molecular formula is C23H20FN. The Bertz CT molecular complexity index is 835. The Morgan fingerprint density at radius 1 is 0.760 bits per heavy atom. The normalized spacial score (nSPS) is 13.0. The topological polar surface area (TPSA) is 23.8 Å². The molecule has 3 aromatic rings. The van der Waals surface area contributed by atoms with Crippen LogP contribution in [0.15, 0.2) is 84.9 Å². The van der Waals surface area contributed by atoms with Crippen LogP contribution in [0.25, 0.3) is 0 Å². The van der Waals surface area contributed by atoms with Crippen molar-refractivity contribution in [2.24, 2.45) is 0 Å². The van der Waals surface area contributed by atoms with E-state index in [0.29, 0.717) is 6.42 Å². The van der Waals surface area contributed by atoms with Crippen molar-refractivity contribution >= 4 is 0 Å². The highest BCUT2D eigenvalue weighted by Gasteiger charge is 2.33. The van der Waals surface area contributed by atoms with Crippen molar-refractivity contribution in [3.05, 3.63) is 107 Å². The second-order valence-electron chi connectivity index (χ2n) is 6.23. The Morgan fingerprint density at radius 3 is 1.92 bits per heavy atom. The quantitative estimate of drug-likeness (QED) is 0.572. The predicted octanol–water partition coefficient (Wildman–Crippen LogP) is 5.66. The molecule has 0 aromatic heterocycles. The lowest BCUT2D eigenvalue weighted by molar-refractivity contribution is 0.558. The fourth-order valence-corrected chi connectivity index (χ4v) is 3.30. The molecule has 3 rings (SSSR count). The summed E-state index contributed by atoms with van der Waals surface area (Å²) < 4.78 is 13.4. The third-order valence-electron chi connectivity index (χ3n) is 4.65. The standard InChI is InChI=1S/C23H20FN/c24-22-15-13-21(14-16-22)23(18-25,20-11-5-2-6-12-20)17-7-10-19-8-3-1-4-9-19/h1-6,8-9,11-16H,7,10,17H2/t23-/m1/s1. The lowest BCUT2D eigenvalue weighted by atomic mass is 9.72. The maximum Gasteiger partial charge on any atom is 0.123 e. The van der Waals surface area contributed by atoms with E-state index in [1.807, 2.05) is 48.5 Å². The SMILES string of the molecule is N#C[C@](CCCc1ccccc1)(c1ccccc1)c1ccc(F)cc1. The van der Waals surface area contributed by atoms with Crippen LogP contribution in [0, 0.1) is 17.1 Å². The highest BCUT2D eigenvalue weighted by molar-refractivity contribution is 5.45. The van der Waals surface area contributed by atoms with Crippen LogP contribution in [0.1, 0.15) is 29.5 Å². The molecule has 0 fully saturated rings. The maximum absolute atomic E-state index is 13.4. The van der Waals surface area contributed by atoms with E-state index in [4.69, 9.17) is 0 Å². The van der Waals surface area contributed by atoms with E-state index >= 15 is 0 Å². The second kappa shape index (κ2) is 7.77. The first-order valence-corrected chi connectivity index (χ1v) is 8.51. The third-order valence-corrected chi connectivity index (χ3v) is 4.65. The number of nitriles is 1. The molecule has 0 unspecified atom stereocenters. The highest BCUT2D eigenvalue weighted by Crippen LogP contribution is 2.36. The van der Waals surface area contributed by atoms with Gasteiger partial charge in [0.2, 0.25) is 0 Å². The van der Waals surface area contributed by atoms with Gasteiger partial charge in [0.1, 0.15) is 11.2 Å². The zero-order valence-electron chi connectivity index (χ0n) is 14.0. The van der Waals surface area contributed by atoms with Gasteiger partial charge >= 0.3 is 0 Å². The lowest BCUT2D eigenvalue weighted by Gasteiger charge is -2.28. The molecule has 0 spiro atoms. The van der Waals surface area contributed by atoms with Crippen molar-refractivity contribution in [3.8, 4) is 6.07 Å². The molecule has 25 heavy (non-hydrogen) atoms. The van der Waals surface area contributed by atoms with Crippen LogP contribution in [-0.4, -0.2) is 0 Å². The molecule has 0 bridgehead atoms. The molecule has 3 aromatic carbocycles. The van der Waals surface area contributed by atoms with Gasteiger partial charge in [-0.25, -0.2) is 4.39 Å². The predicted molar refractivity (Wildman–Crippen MR) is 98.6 cm³/mol. The average molecular weight is 329 g/mol. The van der Waals surface area contributed by atoms with Gasteiger partial charge in [-0.3, -0.25) is 0 Å². The maximum atomic E-state index is 13.4. The zero-order chi connectivity index (χ0) is 17.5. The number of aryl methyl sites for hydroxylation is 1. The molecule has 0 aliphatic carbocycles. The van der Waals surface area contributed by atoms with Crippen molar-refractivity contribution in [2.75, 3.05) is 0 Å². The van der Waals surface area contributed by atoms with E-state index in [1.165, 1.54) is 17.7 Å². The minimum atomic E-state index is -0.760. The van der Waals surface area contributed by atoms with Gasteiger partial charge < -0.3 is 0 Å². The molecule has 0 saturated carbocycles. The second-order valence-corrected chi connectivity index (χ2v) is 6.23. The Morgan fingerprint density at radius 2 is 1.32 bits per heavy atom. The molecular weight excluding hydrogens is 309 g/mol. The van der Waals surface area contributed by atoms with E-state index in [0.717, 1.165) is 24.0 Å². The molecule has 0 radical (unpaired) electrons. The van der Waals surface area contributed by atoms with E-state index in [-0.39, 0.29) is 5.82 Å². The first-order valence-electron chi connectivity index (χ1n) is 8.51. The van der Waals surface area contributed by atoms with E-state index in [2.05, 4.69) is 18.2 Å². The van der Waals surface area contributed by atoms with Crippen LogP contribution in [0.3, 0.4) is 0 Å². The Kier molecular flexibility index (Phi) is 5.26. The Balaban J connectivity index is 1.91. The van der Waals surface area contributed by atoms with E-state index < -0.39 is 5.41 Å². The monoisotopic (exact) mass is 329 g/mol. The van der Waals surface area contributed by atoms with Gasteiger partial charge in [-0.2, -0.15) is 5.26 Å². The molecule has 0 saturated heterocycles. The van der Waals surface area contributed by atoms with Gasteiger partial charge in [0.25, 0.3) is 0 Å². The molecule has 1 nitrogen and oxygen atoms in total. The van der Waals surface area contributed by atoms with Gasteiger partial charge in [-0.15, -0.1) is 0 Å². The summed E-state index contributed by atoms with van der Waals surface area (Å²) in [5, 5.41) is 10.1. The number of nitrogens with zero attached hydrogens (tertiary/aromatic N) is 1. The van der Waals surface area contributed by atoms with Gasteiger partial charge in [-0.05, 0) is 48.1 Å². The minimum Gasteiger partial charge on any atom is -0.207 e. The summed E-state index contributed by atoms with van der Waals surface area (Å²) in [4.78, 5) is 0. The molecule has 124 valence electrons. The number of rotatable bonds is 6. The molecule has 1 atom stereocenters. The van der Waals surface area contributed by atoms with Crippen LogP contribution in [0.5, 0.6) is 0 Å². The molecule has 0 heterocycles. The number of benzene rings is 3. The third kappa shape index (κ3) is 3.78. The van der Waals surface area contributed by atoms with Gasteiger partial charge in [0, 0.05) is 0 Å². The van der Waals surface area contributed by atoms with Gasteiger partial charge in [-0.1, -0.05) is 72.8 Å². The lowest BCUT2D eigenvalue weighted by Crippen LogP contribution is -2.26. The summed E-state index contributed by atoms with van der Waals surface area (Å²) in [7, 11) is 0. The van der Waals surface area contributed by atoms with Crippen LogP contribution >= 0.6 is 0 Å². The van der Waals surface area contributed by atoms with E-state index in [1.54, 1.807) is 12.1 Å². The fraction of sp³-hybridized carbons (Fsp3) is 0.174. The van der Waals surface area contributed by atoms with E-state index in [9.17, 15) is 9.65 Å². The van der Waals surface area contributed by atoms with Gasteiger partial charge in [0.05, 0.1) is 6.07 Å². The molecule has 0 N–H and O–H groups in total. The largest absolute Gasteiger partial charge is 0.207 e. The number of hydrogen-bond acceptors (Lipinski definition) is 1. The summed E-state index contributed by atoms with van der Waals surface area (Å²) in [6.45, 7) is 0. The van der Waals surface area contributed by atoms with Crippen LogP contribution < -0.4 is 0 Å². The molecule has 0 aliphatic rings. The molecule has 0 amide bonds. The van der Waals surface area contributed by atoms with Crippen molar-refractivity contribution in [1.82, 2.24) is 0 Å². The van der Waals surface area contributed by atoms with Crippen molar-refractivity contribution < 1.29 is 4.39 Å². The van der Waals surface area contributed by atoms with Crippen LogP contribution in [0.2, 0.25) is 0 Å². The van der Waals surface area contributed by atoms with Crippen LogP contribution in [-0.2, 0) is 11.8 Å². The Hall–Kier alpha value is -2.92. The zero-order valence-corrected chi connectivity index (χ0v) is 14.0. The smallest absolute Gasteiger partial charge is 0.123 e. The fourth-order valence-electron chi connectivity index (χ4n) is 3.30. The molecule has 0 aliphatic heterocycles. The van der Waals surface area contributed by atoms with Crippen LogP contribution in [0.4, 0.5) is 4.39 Å². The van der Waals surface area contributed by atoms with Crippen molar-refractivity contribution in [1.29, 1.82) is 5.26 Å². The highest BCUT2D eigenvalue weighted by atomic mass is 19.1. The summed E-state index contributed by atoms with van der Waals surface area (Å²) in [6.07, 6.45) is 2.48. The summed E-state index contributed by atoms with van der Waals surface area (Å²) >= 11 is 0. The number of halogens is 1. The van der Waals surface area contributed by atoms with Crippen molar-refractivity contribution in [3.63, 3.8) is 0 Å². The summed E-state index contributed by atoms with van der Waals surface area (Å²) in [5.74, 6) is -0.284. The summed E-state index contributed by atoms with van der Waals surface area (Å²) in [6, 6.07) is 28.9. The van der Waals surface area contributed by atoms with Crippen molar-refractivity contribution in [2.45, 2.75) is 24.7 Å². The summed E-state index contributed by atoms with van der Waals surface area (Å²) in [5.41, 5.74) is 2.30. The number of hydrogen-bond donors (Lipinski definition) is 0. The van der Waals surface area contributed by atoms with Gasteiger partial charge in [0.15, 0.2) is 0 Å².